The van der Waals surface area contributed by atoms with E-state index < -0.39 is 5.92 Å². The number of hydrogen-bond acceptors (Lipinski definition) is 4. The molecule has 0 aromatic carbocycles. The first-order valence-electron chi connectivity index (χ1n) is 5.03. The molecule has 0 bridgehead atoms. The van der Waals surface area contributed by atoms with Crippen LogP contribution in [-0.4, -0.2) is 30.5 Å². The minimum absolute atomic E-state index is 0.0955. The number of alkyl halides is 1. The van der Waals surface area contributed by atoms with Crippen molar-refractivity contribution in [2.45, 2.75) is 26.7 Å². The van der Waals surface area contributed by atoms with Crippen molar-refractivity contribution in [2.75, 3.05) is 18.5 Å². The van der Waals surface area contributed by atoms with Gasteiger partial charge in [-0.25, -0.2) is 0 Å². The summed E-state index contributed by atoms with van der Waals surface area (Å²) in [6, 6.07) is 0. The lowest BCUT2D eigenvalue weighted by atomic mass is 10.0. The normalized spacial score (nSPS) is 11.9. The van der Waals surface area contributed by atoms with Gasteiger partial charge in [-0.3, -0.25) is 9.59 Å². The summed E-state index contributed by atoms with van der Waals surface area (Å²) in [7, 11) is 0. The van der Waals surface area contributed by atoms with Crippen molar-refractivity contribution in [3.8, 4) is 0 Å². The van der Waals surface area contributed by atoms with E-state index in [-0.39, 0.29) is 18.4 Å². The molecule has 5 heteroatoms. The summed E-state index contributed by atoms with van der Waals surface area (Å²) >= 11 is 3.24. The van der Waals surface area contributed by atoms with Crippen molar-refractivity contribution in [1.82, 2.24) is 0 Å². The van der Waals surface area contributed by atoms with E-state index in [4.69, 9.17) is 9.47 Å². The smallest absolute Gasteiger partial charge is 0.309 e. The van der Waals surface area contributed by atoms with Crippen LogP contribution in [0.15, 0.2) is 0 Å². The van der Waals surface area contributed by atoms with Crippen LogP contribution >= 0.6 is 15.9 Å². The van der Waals surface area contributed by atoms with Crippen LogP contribution in [-0.2, 0) is 19.1 Å². The van der Waals surface area contributed by atoms with Gasteiger partial charge in [0.25, 0.3) is 0 Å². The highest BCUT2D eigenvalue weighted by Crippen LogP contribution is 2.13. The molecule has 15 heavy (non-hydrogen) atoms. The molecule has 0 aliphatic heterocycles. The molecule has 88 valence electrons. The predicted molar refractivity (Wildman–Crippen MR) is 59.8 cm³/mol. The van der Waals surface area contributed by atoms with Crippen LogP contribution in [0.5, 0.6) is 0 Å². The summed E-state index contributed by atoms with van der Waals surface area (Å²) in [6.07, 6.45) is 0.677. The molecule has 0 radical (unpaired) electrons. The molecule has 1 atom stereocenters. The van der Waals surface area contributed by atoms with E-state index in [2.05, 4.69) is 15.9 Å². The maximum atomic E-state index is 11.4. The Hall–Kier alpha value is -0.580. The van der Waals surface area contributed by atoms with Gasteiger partial charge in [0.2, 0.25) is 0 Å². The fraction of sp³-hybridized carbons (Fsp3) is 0.800. The second-order valence-electron chi connectivity index (χ2n) is 2.94. The number of halogens is 1. The fourth-order valence-electron chi connectivity index (χ4n) is 1.12. The van der Waals surface area contributed by atoms with Crippen molar-refractivity contribution in [1.29, 1.82) is 0 Å². The van der Waals surface area contributed by atoms with Crippen LogP contribution in [0, 0.1) is 5.92 Å². The summed E-state index contributed by atoms with van der Waals surface area (Å²) < 4.78 is 9.65. The third-order valence-electron chi connectivity index (χ3n) is 1.80. The van der Waals surface area contributed by atoms with Crippen LogP contribution in [0.4, 0.5) is 0 Å². The Kier molecular flexibility index (Phi) is 8.37. The molecule has 0 rings (SSSR count). The van der Waals surface area contributed by atoms with Crippen molar-refractivity contribution < 1.29 is 19.1 Å². The molecule has 0 aromatic rings. The minimum Gasteiger partial charge on any atom is -0.466 e. The molecule has 0 amide bonds. The molecule has 0 aromatic heterocycles. The molecule has 0 saturated heterocycles. The van der Waals surface area contributed by atoms with E-state index in [0.29, 0.717) is 25.0 Å². The van der Waals surface area contributed by atoms with Crippen LogP contribution in [0.3, 0.4) is 0 Å². The average Bonchev–Trinajstić information content (AvgIpc) is 2.18. The van der Waals surface area contributed by atoms with Crippen LogP contribution in [0.2, 0.25) is 0 Å². The highest BCUT2D eigenvalue weighted by Gasteiger charge is 2.22. The van der Waals surface area contributed by atoms with Crippen molar-refractivity contribution >= 4 is 27.9 Å². The first-order chi connectivity index (χ1) is 7.15. The zero-order valence-corrected chi connectivity index (χ0v) is 10.7. The number of hydrogen-bond donors (Lipinski definition) is 0. The van der Waals surface area contributed by atoms with Gasteiger partial charge in [0, 0.05) is 5.33 Å². The molecule has 0 fully saturated rings. The van der Waals surface area contributed by atoms with E-state index in [1.807, 2.05) is 0 Å². The molecule has 4 nitrogen and oxygen atoms in total. The largest absolute Gasteiger partial charge is 0.466 e. The fourth-order valence-corrected chi connectivity index (χ4v) is 1.67. The molecule has 0 spiro atoms. The van der Waals surface area contributed by atoms with Gasteiger partial charge < -0.3 is 9.47 Å². The van der Waals surface area contributed by atoms with Gasteiger partial charge in [0.15, 0.2) is 0 Å². The summed E-state index contributed by atoms with van der Waals surface area (Å²) in [5.74, 6) is -1.08. The molecular weight excluding hydrogens is 264 g/mol. The molecule has 0 unspecified atom stereocenters. The number of ether oxygens (including phenoxy) is 2. The van der Waals surface area contributed by atoms with E-state index in [0.717, 1.165) is 0 Å². The molecule has 0 saturated carbocycles. The first kappa shape index (κ1) is 14.4. The zero-order valence-electron chi connectivity index (χ0n) is 9.12. The Balaban J connectivity index is 4.13. The summed E-state index contributed by atoms with van der Waals surface area (Å²) in [4.78, 5) is 22.6. The highest BCUT2D eigenvalue weighted by atomic mass is 79.9. The van der Waals surface area contributed by atoms with E-state index in [1.54, 1.807) is 13.8 Å². The van der Waals surface area contributed by atoms with Gasteiger partial charge in [-0.05, 0) is 20.3 Å². The maximum absolute atomic E-state index is 11.4. The molecule has 0 N–H and O–H groups in total. The minimum atomic E-state index is -0.400. The van der Waals surface area contributed by atoms with Gasteiger partial charge in [-0.2, -0.15) is 0 Å². The first-order valence-corrected chi connectivity index (χ1v) is 6.16. The Bertz CT molecular complexity index is 206. The number of rotatable bonds is 7. The SMILES string of the molecule is CCOC(=O)C[C@H](CCBr)C(=O)OCC. The maximum Gasteiger partial charge on any atom is 0.309 e. The lowest BCUT2D eigenvalue weighted by molar-refractivity contribution is -0.154. The molecule has 0 aliphatic carbocycles. The predicted octanol–water partition coefficient (Wildman–Crippen LogP) is 1.90. The monoisotopic (exact) mass is 280 g/mol. The number of carbonyl (C=O) groups is 2. The number of carbonyl (C=O) groups excluding carboxylic acids is 2. The Morgan fingerprint density at radius 3 is 2.27 bits per heavy atom. The third kappa shape index (κ3) is 6.49. The molecular formula is C10H17BrO4. The molecule has 0 heterocycles. The van der Waals surface area contributed by atoms with Crippen LogP contribution < -0.4 is 0 Å². The van der Waals surface area contributed by atoms with Crippen molar-refractivity contribution in [3.05, 3.63) is 0 Å². The Morgan fingerprint density at radius 2 is 1.80 bits per heavy atom. The summed E-state index contributed by atoms with van der Waals surface area (Å²) in [5.41, 5.74) is 0. The van der Waals surface area contributed by atoms with Crippen LogP contribution in [0.1, 0.15) is 26.7 Å². The summed E-state index contributed by atoms with van der Waals surface area (Å²) in [6.45, 7) is 4.15. The van der Waals surface area contributed by atoms with Gasteiger partial charge in [0.05, 0.1) is 25.6 Å². The van der Waals surface area contributed by atoms with Gasteiger partial charge in [-0.15, -0.1) is 0 Å². The van der Waals surface area contributed by atoms with Crippen molar-refractivity contribution in [2.24, 2.45) is 5.92 Å². The van der Waals surface area contributed by atoms with Gasteiger partial charge in [0.1, 0.15) is 0 Å². The lowest BCUT2D eigenvalue weighted by Gasteiger charge is -2.13. The third-order valence-corrected chi connectivity index (χ3v) is 2.25. The van der Waals surface area contributed by atoms with E-state index in [1.165, 1.54) is 0 Å². The topological polar surface area (TPSA) is 52.6 Å². The van der Waals surface area contributed by atoms with Crippen molar-refractivity contribution in [3.63, 3.8) is 0 Å². The highest BCUT2D eigenvalue weighted by molar-refractivity contribution is 9.09. The van der Waals surface area contributed by atoms with Gasteiger partial charge >= 0.3 is 11.9 Å². The van der Waals surface area contributed by atoms with Gasteiger partial charge in [-0.1, -0.05) is 15.9 Å². The zero-order chi connectivity index (χ0) is 11.7. The van der Waals surface area contributed by atoms with Crippen LogP contribution in [0.25, 0.3) is 0 Å². The summed E-state index contributed by atoms with van der Waals surface area (Å²) in [5, 5.41) is 0.663. The van der Waals surface area contributed by atoms with E-state index in [9.17, 15) is 9.59 Å². The quantitative estimate of drug-likeness (QED) is 0.528. The second kappa shape index (κ2) is 8.71. The Labute approximate surface area is 98.4 Å². The Morgan fingerprint density at radius 1 is 1.20 bits per heavy atom. The van der Waals surface area contributed by atoms with E-state index >= 15 is 0 Å². The number of esters is 2. The second-order valence-corrected chi connectivity index (χ2v) is 3.73. The standard InChI is InChI=1S/C10H17BrO4/c1-3-14-9(12)7-8(5-6-11)10(13)15-4-2/h8H,3-7H2,1-2H3/t8-/m0/s1. The lowest BCUT2D eigenvalue weighted by Crippen LogP contribution is -2.22. The average molecular weight is 281 g/mol. The molecule has 0 aliphatic rings.